The zero-order chi connectivity index (χ0) is 19.7. The lowest BCUT2D eigenvalue weighted by Gasteiger charge is -2.57. The molecule has 1 heterocycles. The van der Waals surface area contributed by atoms with Crippen LogP contribution >= 0.6 is 12.4 Å². The molecule has 1 aliphatic rings. The third-order valence-corrected chi connectivity index (χ3v) is 5.38. The Labute approximate surface area is 170 Å². The van der Waals surface area contributed by atoms with Crippen LogP contribution in [0.5, 0.6) is 0 Å². The number of anilines is 2. The molecule has 0 aliphatic heterocycles. The van der Waals surface area contributed by atoms with Crippen molar-refractivity contribution in [2.45, 2.75) is 38.8 Å². The number of hydrogen-bond acceptors (Lipinski definition) is 5. The van der Waals surface area contributed by atoms with Crippen LogP contribution in [-0.4, -0.2) is 30.1 Å². The molecule has 152 valence electrons. The van der Waals surface area contributed by atoms with Crippen LogP contribution in [-0.2, 0) is 9.53 Å². The standard InChI is InChI=1S/C20H25N3O4.ClH/c1-4-26-16-12-20(21,19(16,2)3)18(25)23-14-9-7-13(8-10-14)22-17(24)15-6-5-11-27-15;/h5-11,16H,4,12,21H2,1-3H3,(H,22,24)(H,23,25);1H. The van der Waals surface area contributed by atoms with Gasteiger partial charge in [0.1, 0.15) is 5.54 Å². The highest BCUT2D eigenvalue weighted by Crippen LogP contribution is 2.50. The van der Waals surface area contributed by atoms with E-state index < -0.39 is 11.0 Å². The normalized spacial score (nSPS) is 22.5. The largest absolute Gasteiger partial charge is 0.459 e. The molecule has 0 spiro atoms. The highest BCUT2D eigenvalue weighted by Gasteiger charge is 2.62. The van der Waals surface area contributed by atoms with Gasteiger partial charge in [-0.3, -0.25) is 9.59 Å². The van der Waals surface area contributed by atoms with E-state index in [1.165, 1.54) is 6.26 Å². The molecular formula is C20H26ClN3O4. The van der Waals surface area contributed by atoms with Gasteiger partial charge in [0, 0.05) is 29.8 Å². The minimum absolute atomic E-state index is 0. The molecule has 4 N–H and O–H groups in total. The Morgan fingerprint density at radius 3 is 2.29 bits per heavy atom. The number of hydrogen-bond donors (Lipinski definition) is 3. The second-order valence-corrected chi connectivity index (χ2v) is 7.30. The minimum Gasteiger partial charge on any atom is -0.459 e. The van der Waals surface area contributed by atoms with Gasteiger partial charge in [0.05, 0.1) is 12.4 Å². The van der Waals surface area contributed by atoms with Crippen LogP contribution in [0.1, 0.15) is 37.7 Å². The molecule has 2 amide bonds. The number of rotatable bonds is 6. The maximum atomic E-state index is 12.7. The number of furan rings is 1. The van der Waals surface area contributed by atoms with Crippen molar-refractivity contribution in [1.82, 2.24) is 0 Å². The van der Waals surface area contributed by atoms with Crippen LogP contribution in [0.15, 0.2) is 47.1 Å². The second-order valence-electron chi connectivity index (χ2n) is 7.30. The highest BCUT2D eigenvalue weighted by atomic mass is 35.5. The summed E-state index contributed by atoms with van der Waals surface area (Å²) < 4.78 is 10.7. The molecule has 0 radical (unpaired) electrons. The molecule has 1 saturated carbocycles. The molecule has 2 atom stereocenters. The summed E-state index contributed by atoms with van der Waals surface area (Å²) >= 11 is 0. The number of halogens is 1. The Hall–Kier alpha value is -2.35. The fraction of sp³-hybridized carbons (Fsp3) is 0.400. The van der Waals surface area contributed by atoms with Gasteiger partial charge in [0.25, 0.3) is 5.91 Å². The first-order valence-corrected chi connectivity index (χ1v) is 8.95. The van der Waals surface area contributed by atoms with E-state index in [9.17, 15) is 9.59 Å². The van der Waals surface area contributed by atoms with Crippen molar-refractivity contribution in [3.63, 3.8) is 0 Å². The Balaban J connectivity index is 0.00000280. The SMILES string of the molecule is CCOC1CC(N)(C(=O)Nc2ccc(NC(=O)c3ccco3)cc2)C1(C)C.Cl. The molecule has 1 aliphatic carbocycles. The first kappa shape index (κ1) is 21.9. The zero-order valence-corrected chi connectivity index (χ0v) is 17.0. The summed E-state index contributed by atoms with van der Waals surface area (Å²) in [6.45, 7) is 6.42. The van der Waals surface area contributed by atoms with Gasteiger partial charge < -0.3 is 25.5 Å². The van der Waals surface area contributed by atoms with Crippen LogP contribution < -0.4 is 16.4 Å². The van der Waals surface area contributed by atoms with E-state index in [4.69, 9.17) is 14.9 Å². The van der Waals surface area contributed by atoms with E-state index in [2.05, 4.69) is 10.6 Å². The van der Waals surface area contributed by atoms with Gasteiger partial charge in [-0.2, -0.15) is 0 Å². The molecule has 0 saturated heterocycles. The number of nitrogens with one attached hydrogen (secondary N) is 2. The van der Waals surface area contributed by atoms with Gasteiger partial charge in [-0.05, 0) is 43.3 Å². The molecule has 7 nitrogen and oxygen atoms in total. The predicted molar refractivity (Wildman–Crippen MR) is 110 cm³/mol. The summed E-state index contributed by atoms with van der Waals surface area (Å²) in [5.74, 6) is -0.347. The molecule has 1 aromatic heterocycles. The van der Waals surface area contributed by atoms with E-state index in [-0.39, 0.29) is 36.1 Å². The van der Waals surface area contributed by atoms with Crippen molar-refractivity contribution < 1.29 is 18.7 Å². The van der Waals surface area contributed by atoms with Crippen LogP contribution in [0.3, 0.4) is 0 Å². The lowest BCUT2D eigenvalue weighted by molar-refractivity contribution is -0.166. The Morgan fingerprint density at radius 2 is 1.79 bits per heavy atom. The number of benzene rings is 1. The molecule has 2 aromatic rings. The van der Waals surface area contributed by atoms with Gasteiger partial charge in [0.2, 0.25) is 5.91 Å². The van der Waals surface area contributed by atoms with Gasteiger partial charge in [-0.1, -0.05) is 13.8 Å². The number of carbonyl (C=O) groups is 2. The summed E-state index contributed by atoms with van der Waals surface area (Å²) in [6.07, 6.45) is 1.89. The summed E-state index contributed by atoms with van der Waals surface area (Å²) in [6, 6.07) is 10.1. The lowest BCUT2D eigenvalue weighted by Crippen LogP contribution is -2.74. The number of nitrogens with two attached hydrogens (primary N) is 1. The Kier molecular flexibility index (Phi) is 6.54. The lowest BCUT2D eigenvalue weighted by atomic mass is 9.54. The van der Waals surface area contributed by atoms with Crippen LogP contribution in [0.25, 0.3) is 0 Å². The number of ether oxygens (including phenoxy) is 1. The summed E-state index contributed by atoms with van der Waals surface area (Å²) in [5.41, 5.74) is 6.14. The molecule has 2 unspecified atom stereocenters. The Bertz CT molecular complexity index is 820. The molecule has 1 fully saturated rings. The van der Waals surface area contributed by atoms with Gasteiger partial charge in [0.15, 0.2) is 5.76 Å². The summed E-state index contributed by atoms with van der Waals surface area (Å²) in [5, 5.41) is 5.58. The first-order chi connectivity index (χ1) is 12.8. The van der Waals surface area contributed by atoms with Crippen molar-refractivity contribution in [3.05, 3.63) is 48.4 Å². The van der Waals surface area contributed by atoms with E-state index in [0.717, 1.165) is 0 Å². The average Bonchev–Trinajstić information content (AvgIpc) is 3.17. The van der Waals surface area contributed by atoms with Crippen LogP contribution in [0, 0.1) is 5.41 Å². The van der Waals surface area contributed by atoms with Crippen molar-refractivity contribution >= 4 is 35.6 Å². The maximum Gasteiger partial charge on any atom is 0.291 e. The van der Waals surface area contributed by atoms with Gasteiger partial charge in [-0.15, -0.1) is 12.4 Å². The number of carbonyl (C=O) groups excluding carboxylic acids is 2. The summed E-state index contributed by atoms with van der Waals surface area (Å²) in [7, 11) is 0. The van der Waals surface area contributed by atoms with Crippen molar-refractivity contribution in [2.75, 3.05) is 17.2 Å². The van der Waals surface area contributed by atoms with E-state index >= 15 is 0 Å². The van der Waals surface area contributed by atoms with E-state index in [1.54, 1.807) is 36.4 Å². The molecule has 28 heavy (non-hydrogen) atoms. The third kappa shape index (κ3) is 3.92. The molecule has 3 rings (SSSR count). The minimum atomic E-state index is -0.987. The van der Waals surface area contributed by atoms with E-state index in [0.29, 0.717) is 24.4 Å². The fourth-order valence-corrected chi connectivity index (χ4v) is 3.30. The van der Waals surface area contributed by atoms with Crippen molar-refractivity contribution in [1.29, 1.82) is 0 Å². The second kappa shape index (κ2) is 8.34. The van der Waals surface area contributed by atoms with Gasteiger partial charge in [-0.25, -0.2) is 0 Å². The van der Waals surface area contributed by atoms with Crippen LogP contribution in [0.4, 0.5) is 11.4 Å². The monoisotopic (exact) mass is 407 g/mol. The van der Waals surface area contributed by atoms with E-state index in [1.807, 2.05) is 20.8 Å². The quantitative estimate of drug-likeness (QED) is 0.680. The zero-order valence-electron chi connectivity index (χ0n) is 16.2. The fourth-order valence-electron chi connectivity index (χ4n) is 3.30. The third-order valence-electron chi connectivity index (χ3n) is 5.38. The average molecular weight is 408 g/mol. The topological polar surface area (TPSA) is 107 Å². The van der Waals surface area contributed by atoms with Crippen LogP contribution in [0.2, 0.25) is 0 Å². The molecule has 0 bridgehead atoms. The van der Waals surface area contributed by atoms with Crippen molar-refractivity contribution in [2.24, 2.45) is 11.1 Å². The van der Waals surface area contributed by atoms with Gasteiger partial charge >= 0.3 is 0 Å². The highest BCUT2D eigenvalue weighted by molar-refractivity contribution is 6.03. The molecule has 1 aromatic carbocycles. The molecular weight excluding hydrogens is 382 g/mol. The summed E-state index contributed by atoms with van der Waals surface area (Å²) in [4.78, 5) is 24.7. The molecule has 8 heteroatoms. The first-order valence-electron chi connectivity index (χ1n) is 8.95. The van der Waals surface area contributed by atoms with Crippen molar-refractivity contribution in [3.8, 4) is 0 Å². The smallest absolute Gasteiger partial charge is 0.291 e. The Morgan fingerprint density at radius 1 is 1.18 bits per heavy atom. The number of amides is 2. The predicted octanol–water partition coefficient (Wildman–Crippen LogP) is 3.42. The maximum absolute atomic E-state index is 12.7.